The summed E-state index contributed by atoms with van der Waals surface area (Å²) in [7, 11) is 10.8. The van der Waals surface area contributed by atoms with Crippen molar-refractivity contribution in [2.45, 2.75) is 6.92 Å². The lowest BCUT2D eigenvalue weighted by Crippen LogP contribution is -1.99. The summed E-state index contributed by atoms with van der Waals surface area (Å²) in [6.07, 6.45) is 0. The van der Waals surface area contributed by atoms with E-state index in [2.05, 4.69) is 0 Å². The van der Waals surface area contributed by atoms with Crippen molar-refractivity contribution in [2.24, 2.45) is 0 Å². The van der Waals surface area contributed by atoms with Crippen molar-refractivity contribution < 1.29 is 14.2 Å². The van der Waals surface area contributed by atoms with Gasteiger partial charge < -0.3 is 19.1 Å². The molecule has 0 unspecified atom stereocenters. The molecule has 0 atom stereocenters. The van der Waals surface area contributed by atoms with E-state index in [4.69, 9.17) is 14.2 Å². The van der Waals surface area contributed by atoms with Crippen LogP contribution in [-0.2, 0) is 0 Å². The molecular weight excluding hydrogens is 218 g/mol. The first kappa shape index (κ1) is 15.6. The van der Waals surface area contributed by atoms with Gasteiger partial charge in [0, 0.05) is 0 Å². The van der Waals surface area contributed by atoms with Gasteiger partial charge in [-0.2, -0.15) is 0 Å². The Morgan fingerprint density at radius 3 is 1.41 bits per heavy atom. The molecule has 0 bridgehead atoms. The molecule has 1 aromatic rings. The van der Waals surface area contributed by atoms with Crippen LogP contribution < -0.4 is 14.2 Å². The molecule has 0 spiro atoms. The van der Waals surface area contributed by atoms with Gasteiger partial charge in [-0.1, -0.05) is 0 Å². The summed E-state index contributed by atoms with van der Waals surface area (Å²) in [5, 5.41) is 0. The predicted octanol–water partition coefficient (Wildman–Crippen LogP) is 2.20. The molecule has 0 saturated carbocycles. The third-order valence-corrected chi connectivity index (χ3v) is 1.81. The number of methoxy groups -OCH3 is 3. The van der Waals surface area contributed by atoms with E-state index in [0.717, 1.165) is 5.56 Å². The molecule has 0 saturated heterocycles. The fourth-order valence-electron chi connectivity index (χ4n) is 1.21. The van der Waals surface area contributed by atoms with E-state index in [1.54, 1.807) is 21.3 Å². The van der Waals surface area contributed by atoms with Gasteiger partial charge in [0.25, 0.3) is 0 Å². The number of hydrogen-bond donors (Lipinski definition) is 0. The van der Waals surface area contributed by atoms with Gasteiger partial charge >= 0.3 is 0 Å². The topological polar surface area (TPSA) is 30.9 Å². The highest BCUT2D eigenvalue weighted by atomic mass is 16.5. The SMILES string of the molecule is CN(C)C.COc1cc(C)cc(OC)c1OC. The van der Waals surface area contributed by atoms with E-state index < -0.39 is 0 Å². The summed E-state index contributed by atoms with van der Waals surface area (Å²) >= 11 is 0. The molecule has 0 fully saturated rings. The third-order valence-electron chi connectivity index (χ3n) is 1.81. The predicted molar refractivity (Wildman–Crippen MR) is 70.4 cm³/mol. The van der Waals surface area contributed by atoms with Crippen LogP contribution in [-0.4, -0.2) is 47.4 Å². The second-order valence-electron chi connectivity index (χ2n) is 4.04. The fourth-order valence-corrected chi connectivity index (χ4v) is 1.21. The quantitative estimate of drug-likeness (QED) is 0.811. The highest BCUT2D eigenvalue weighted by Gasteiger charge is 2.10. The summed E-state index contributed by atoms with van der Waals surface area (Å²) in [4.78, 5) is 2.00. The van der Waals surface area contributed by atoms with Gasteiger partial charge in [0.1, 0.15) is 0 Å². The molecule has 0 aliphatic carbocycles. The molecule has 0 aliphatic heterocycles. The number of aryl methyl sites for hydroxylation is 1. The van der Waals surface area contributed by atoms with Gasteiger partial charge in [-0.05, 0) is 45.8 Å². The Labute approximate surface area is 104 Å². The Balaban J connectivity index is 0.000000557. The van der Waals surface area contributed by atoms with Crippen LogP contribution in [0.1, 0.15) is 5.56 Å². The van der Waals surface area contributed by atoms with E-state index >= 15 is 0 Å². The van der Waals surface area contributed by atoms with Crippen LogP contribution in [0.15, 0.2) is 12.1 Å². The van der Waals surface area contributed by atoms with Crippen LogP contribution in [0.2, 0.25) is 0 Å². The summed E-state index contributed by atoms with van der Waals surface area (Å²) in [5.74, 6) is 2.02. The minimum atomic E-state index is 0.635. The Hall–Kier alpha value is -1.42. The molecule has 0 radical (unpaired) electrons. The lowest BCUT2D eigenvalue weighted by molar-refractivity contribution is 0.324. The molecule has 0 heterocycles. The molecule has 1 aromatic carbocycles. The monoisotopic (exact) mass is 241 g/mol. The van der Waals surface area contributed by atoms with E-state index in [1.165, 1.54) is 0 Å². The van der Waals surface area contributed by atoms with Crippen molar-refractivity contribution in [3.05, 3.63) is 17.7 Å². The first-order valence-corrected chi connectivity index (χ1v) is 5.33. The Kier molecular flexibility index (Phi) is 7.14. The van der Waals surface area contributed by atoms with E-state index in [1.807, 2.05) is 45.1 Å². The van der Waals surface area contributed by atoms with Crippen LogP contribution in [0.25, 0.3) is 0 Å². The maximum atomic E-state index is 5.16. The van der Waals surface area contributed by atoms with E-state index in [-0.39, 0.29) is 0 Å². The zero-order chi connectivity index (χ0) is 13.4. The Bertz CT molecular complexity index is 310. The average molecular weight is 241 g/mol. The smallest absolute Gasteiger partial charge is 0.203 e. The van der Waals surface area contributed by atoms with Crippen molar-refractivity contribution in [2.75, 3.05) is 42.5 Å². The largest absolute Gasteiger partial charge is 0.493 e. The van der Waals surface area contributed by atoms with Crippen molar-refractivity contribution >= 4 is 0 Å². The van der Waals surface area contributed by atoms with Crippen LogP contribution >= 0.6 is 0 Å². The summed E-state index contributed by atoms with van der Waals surface area (Å²) in [5.41, 5.74) is 1.08. The van der Waals surface area contributed by atoms with Crippen LogP contribution in [0.3, 0.4) is 0 Å². The summed E-state index contributed by atoms with van der Waals surface area (Å²) in [6, 6.07) is 3.81. The molecule has 17 heavy (non-hydrogen) atoms. The first-order valence-electron chi connectivity index (χ1n) is 5.33. The average Bonchev–Trinajstić information content (AvgIpc) is 2.26. The molecule has 4 nitrogen and oxygen atoms in total. The Morgan fingerprint density at radius 1 is 0.824 bits per heavy atom. The lowest BCUT2D eigenvalue weighted by Gasteiger charge is -2.12. The molecule has 0 amide bonds. The van der Waals surface area contributed by atoms with Crippen molar-refractivity contribution in [3.8, 4) is 17.2 Å². The van der Waals surface area contributed by atoms with Gasteiger partial charge in [-0.25, -0.2) is 0 Å². The standard InChI is InChI=1S/C10H14O3.C3H9N/c1-7-5-8(11-2)10(13-4)9(6-7)12-3;1-4(2)3/h5-6H,1-4H3;1-3H3. The van der Waals surface area contributed by atoms with Gasteiger partial charge in [-0.15, -0.1) is 0 Å². The molecule has 4 heteroatoms. The number of benzene rings is 1. The molecule has 0 aliphatic rings. The van der Waals surface area contributed by atoms with Gasteiger partial charge in [0.15, 0.2) is 11.5 Å². The molecule has 1 rings (SSSR count). The zero-order valence-electron chi connectivity index (χ0n) is 11.8. The van der Waals surface area contributed by atoms with Gasteiger partial charge in [-0.3, -0.25) is 0 Å². The van der Waals surface area contributed by atoms with Crippen molar-refractivity contribution in [1.29, 1.82) is 0 Å². The molecule has 98 valence electrons. The van der Waals surface area contributed by atoms with Crippen molar-refractivity contribution in [3.63, 3.8) is 0 Å². The maximum Gasteiger partial charge on any atom is 0.203 e. The van der Waals surface area contributed by atoms with E-state index in [9.17, 15) is 0 Å². The molecule has 0 N–H and O–H groups in total. The second kappa shape index (κ2) is 7.79. The van der Waals surface area contributed by atoms with Crippen LogP contribution in [0, 0.1) is 6.92 Å². The van der Waals surface area contributed by atoms with Crippen molar-refractivity contribution in [1.82, 2.24) is 4.90 Å². The maximum absolute atomic E-state index is 5.16. The first-order chi connectivity index (χ1) is 7.96. The minimum absolute atomic E-state index is 0.635. The number of ether oxygens (including phenoxy) is 3. The van der Waals surface area contributed by atoms with Gasteiger partial charge in [0.05, 0.1) is 21.3 Å². The number of hydrogen-bond acceptors (Lipinski definition) is 4. The zero-order valence-corrected chi connectivity index (χ0v) is 11.8. The summed E-state index contributed by atoms with van der Waals surface area (Å²) in [6.45, 7) is 1.98. The van der Waals surface area contributed by atoms with Crippen LogP contribution in [0.4, 0.5) is 0 Å². The minimum Gasteiger partial charge on any atom is -0.493 e. The fraction of sp³-hybridized carbons (Fsp3) is 0.538. The second-order valence-corrected chi connectivity index (χ2v) is 4.04. The van der Waals surface area contributed by atoms with E-state index in [0.29, 0.717) is 17.2 Å². The summed E-state index contributed by atoms with van der Waals surface area (Å²) < 4.78 is 15.5. The highest BCUT2D eigenvalue weighted by molar-refractivity contribution is 5.53. The molecule has 0 aromatic heterocycles. The van der Waals surface area contributed by atoms with Gasteiger partial charge in [0.2, 0.25) is 5.75 Å². The normalized spacial score (nSPS) is 9.41. The molecular formula is C13H23NO3. The number of nitrogens with zero attached hydrogens (tertiary/aromatic N) is 1. The van der Waals surface area contributed by atoms with Crippen LogP contribution in [0.5, 0.6) is 17.2 Å². The Morgan fingerprint density at radius 2 is 1.18 bits per heavy atom. The highest BCUT2D eigenvalue weighted by Crippen LogP contribution is 2.37. The number of rotatable bonds is 3. The lowest BCUT2D eigenvalue weighted by atomic mass is 10.2. The third kappa shape index (κ3) is 5.45.